The Hall–Kier alpha value is -3.09. The predicted molar refractivity (Wildman–Crippen MR) is 99.8 cm³/mol. The van der Waals surface area contributed by atoms with Crippen molar-refractivity contribution in [1.29, 1.82) is 0 Å². The zero-order valence-electron chi connectivity index (χ0n) is 15.2. The Labute approximate surface area is 155 Å². The Morgan fingerprint density at radius 2 is 1.96 bits per heavy atom. The third-order valence-corrected chi connectivity index (χ3v) is 5.94. The number of fused-ring (bicyclic) bond motifs is 2. The van der Waals surface area contributed by atoms with E-state index < -0.39 is 23.2 Å². The van der Waals surface area contributed by atoms with Gasteiger partial charge in [0.05, 0.1) is 22.7 Å². The molecule has 1 heterocycles. The number of carbonyl (C=O) groups is 2. The van der Waals surface area contributed by atoms with Gasteiger partial charge in [-0.15, -0.1) is 0 Å². The lowest BCUT2D eigenvalue weighted by Crippen LogP contribution is -2.40. The number of aromatic nitrogens is 2. The van der Waals surface area contributed by atoms with Crippen LogP contribution in [-0.4, -0.2) is 26.3 Å². The Kier molecular flexibility index (Phi) is 3.83. The highest BCUT2D eigenvalue weighted by molar-refractivity contribution is 5.98. The second-order valence-corrected chi connectivity index (χ2v) is 7.38. The molecule has 4 rings (SSSR count). The summed E-state index contributed by atoms with van der Waals surface area (Å²) in [7, 11) is 1.75. The van der Waals surface area contributed by atoms with Gasteiger partial charge in [0, 0.05) is 7.05 Å². The van der Waals surface area contributed by atoms with Crippen LogP contribution in [0.4, 0.5) is 5.69 Å². The van der Waals surface area contributed by atoms with Crippen LogP contribution in [0.5, 0.6) is 0 Å². The number of aliphatic carboxylic acids is 1. The summed E-state index contributed by atoms with van der Waals surface area (Å²) in [6.07, 6.45) is 4.47. The van der Waals surface area contributed by atoms with E-state index in [1.807, 2.05) is 36.4 Å². The van der Waals surface area contributed by atoms with Crippen molar-refractivity contribution in [2.45, 2.75) is 19.8 Å². The van der Waals surface area contributed by atoms with Crippen LogP contribution >= 0.6 is 0 Å². The highest BCUT2D eigenvalue weighted by Gasteiger charge is 2.57. The van der Waals surface area contributed by atoms with Gasteiger partial charge in [-0.1, -0.05) is 30.4 Å². The van der Waals surface area contributed by atoms with Gasteiger partial charge in [-0.2, -0.15) is 0 Å². The van der Waals surface area contributed by atoms with Gasteiger partial charge in [0.2, 0.25) is 5.91 Å². The number of carbonyl (C=O) groups excluding carboxylic acids is 1. The first-order valence-corrected chi connectivity index (χ1v) is 8.93. The zero-order valence-corrected chi connectivity index (χ0v) is 15.2. The van der Waals surface area contributed by atoms with Crippen molar-refractivity contribution in [3.63, 3.8) is 0 Å². The molecule has 27 heavy (non-hydrogen) atoms. The van der Waals surface area contributed by atoms with Crippen LogP contribution in [0.1, 0.15) is 18.5 Å². The van der Waals surface area contributed by atoms with Crippen LogP contribution < -0.4 is 10.9 Å². The van der Waals surface area contributed by atoms with E-state index in [0.29, 0.717) is 24.2 Å². The molecule has 0 saturated heterocycles. The van der Waals surface area contributed by atoms with E-state index >= 15 is 0 Å². The normalized spacial score (nSPS) is 25.7. The molecule has 7 heteroatoms. The quantitative estimate of drug-likeness (QED) is 0.809. The molecule has 2 aromatic rings. The maximum Gasteiger partial charge on any atom is 0.314 e. The highest BCUT2D eigenvalue weighted by Crippen LogP contribution is 2.53. The number of para-hydroxylation sites is 1. The molecule has 7 nitrogen and oxygen atoms in total. The van der Waals surface area contributed by atoms with Crippen LogP contribution in [0, 0.1) is 24.2 Å². The van der Waals surface area contributed by atoms with Gasteiger partial charge in [-0.05, 0) is 37.8 Å². The highest BCUT2D eigenvalue weighted by atomic mass is 16.4. The van der Waals surface area contributed by atoms with Crippen molar-refractivity contribution >= 4 is 17.6 Å². The lowest BCUT2D eigenvalue weighted by atomic mass is 9.77. The summed E-state index contributed by atoms with van der Waals surface area (Å²) < 4.78 is 3.17. The van der Waals surface area contributed by atoms with Gasteiger partial charge in [-0.3, -0.25) is 19.1 Å². The fourth-order valence-corrected chi connectivity index (χ4v) is 4.38. The molecule has 2 aliphatic carbocycles. The van der Waals surface area contributed by atoms with E-state index in [4.69, 9.17) is 0 Å². The number of hydrogen-bond donors (Lipinski definition) is 2. The van der Waals surface area contributed by atoms with Crippen LogP contribution in [0.15, 0.2) is 47.3 Å². The molecule has 140 valence electrons. The van der Waals surface area contributed by atoms with E-state index in [1.54, 1.807) is 24.7 Å². The maximum absolute atomic E-state index is 12.9. The van der Waals surface area contributed by atoms with Gasteiger partial charge in [0.15, 0.2) is 0 Å². The van der Waals surface area contributed by atoms with E-state index in [1.165, 1.54) is 4.68 Å². The fourth-order valence-electron chi connectivity index (χ4n) is 4.38. The summed E-state index contributed by atoms with van der Waals surface area (Å²) in [4.78, 5) is 37.7. The molecule has 1 aromatic heterocycles. The first-order valence-electron chi connectivity index (χ1n) is 8.93. The third-order valence-electron chi connectivity index (χ3n) is 5.94. The standard InChI is InChI=1S/C20H21N3O4/c1-12-16(18(25)23(22(12)2)14-6-4-3-5-7-14)21-17(24)15-10-13-8-9-20(15,11-13)19(26)27/h3-9,13,15H,10-11H2,1-2H3,(H,21,24)(H,26,27). The van der Waals surface area contributed by atoms with Crippen molar-refractivity contribution in [2.75, 3.05) is 5.32 Å². The van der Waals surface area contributed by atoms with Gasteiger partial charge in [-0.25, -0.2) is 4.68 Å². The number of amides is 1. The molecule has 3 unspecified atom stereocenters. The molecule has 1 saturated carbocycles. The minimum absolute atomic E-state index is 0.106. The van der Waals surface area contributed by atoms with Crippen LogP contribution in [-0.2, 0) is 16.6 Å². The van der Waals surface area contributed by atoms with Crippen molar-refractivity contribution in [3.05, 3.63) is 58.5 Å². The molecule has 2 N–H and O–H groups in total. The number of rotatable bonds is 4. The average Bonchev–Trinajstić information content (AvgIpc) is 3.31. The Balaban J connectivity index is 1.68. The summed E-state index contributed by atoms with van der Waals surface area (Å²) in [6, 6.07) is 9.15. The van der Waals surface area contributed by atoms with Crippen molar-refractivity contribution in [3.8, 4) is 5.69 Å². The smallest absolute Gasteiger partial charge is 0.314 e. The molecule has 1 amide bonds. The van der Waals surface area contributed by atoms with E-state index in [2.05, 4.69) is 5.32 Å². The molecular weight excluding hydrogens is 346 g/mol. The molecular formula is C20H21N3O4. The summed E-state index contributed by atoms with van der Waals surface area (Å²) in [5, 5.41) is 12.4. The number of benzene rings is 1. The molecule has 0 aliphatic heterocycles. The summed E-state index contributed by atoms with van der Waals surface area (Å²) in [5.41, 5.74) is 0.00518. The SMILES string of the molecule is Cc1c(NC(=O)C2CC3C=CC2(C(=O)O)C3)c(=O)n(-c2ccccc2)n1C. The fraction of sp³-hybridized carbons (Fsp3) is 0.350. The van der Waals surface area contributed by atoms with E-state index in [0.717, 1.165) is 0 Å². The predicted octanol–water partition coefficient (Wildman–Crippen LogP) is 2.09. The number of allylic oxidation sites excluding steroid dienone is 1. The Morgan fingerprint density at radius 1 is 1.26 bits per heavy atom. The number of carboxylic acids is 1. The molecule has 3 atom stereocenters. The van der Waals surface area contributed by atoms with Gasteiger partial charge >= 0.3 is 5.97 Å². The average molecular weight is 367 g/mol. The summed E-state index contributed by atoms with van der Waals surface area (Å²) in [6.45, 7) is 1.75. The number of nitrogens with zero attached hydrogens (tertiary/aromatic N) is 2. The molecule has 2 aliphatic rings. The summed E-state index contributed by atoms with van der Waals surface area (Å²) >= 11 is 0. The second kappa shape index (κ2) is 5.97. The number of carboxylic acid groups (broad SMARTS) is 1. The number of hydrogen-bond acceptors (Lipinski definition) is 3. The first-order chi connectivity index (χ1) is 12.8. The minimum atomic E-state index is -1.16. The third kappa shape index (κ3) is 2.45. The van der Waals surface area contributed by atoms with Crippen molar-refractivity contribution in [1.82, 2.24) is 9.36 Å². The molecule has 1 aromatic carbocycles. The van der Waals surface area contributed by atoms with Gasteiger partial charge in [0.25, 0.3) is 5.56 Å². The largest absolute Gasteiger partial charge is 0.481 e. The monoisotopic (exact) mass is 367 g/mol. The second-order valence-electron chi connectivity index (χ2n) is 7.38. The molecule has 0 radical (unpaired) electrons. The van der Waals surface area contributed by atoms with Crippen molar-refractivity contribution < 1.29 is 14.7 Å². The maximum atomic E-state index is 12.9. The van der Waals surface area contributed by atoms with Gasteiger partial charge in [0.1, 0.15) is 5.69 Å². The van der Waals surface area contributed by atoms with Crippen LogP contribution in [0.3, 0.4) is 0 Å². The zero-order chi connectivity index (χ0) is 19.3. The number of anilines is 1. The topological polar surface area (TPSA) is 93.3 Å². The van der Waals surface area contributed by atoms with Crippen LogP contribution in [0.25, 0.3) is 5.69 Å². The Bertz CT molecular complexity index is 1020. The van der Waals surface area contributed by atoms with Crippen molar-refractivity contribution in [2.24, 2.45) is 24.3 Å². The molecule has 0 spiro atoms. The molecule has 2 bridgehead atoms. The minimum Gasteiger partial charge on any atom is -0.481 e. The van der Waals surface area contributed by atoms with Crippen LogP contribution in [0.2, 0.25) is 0 Å². The first kappa shape index (κ1) is 17.3. The van der Waals surface area contributed by atoms with E-state index in [-0.39, 0.29) is 17.2 Å². The lowest BCUT2D eigenvalue weighted by molar-refractivity contribution is -0.150. The lowest BCUT2D eigenvalue weighted by Gasteiger charge is -2.26. The molecule has 1 fully saturated rings. The summed E-state index contributed by atoms with van der Waals surface area (Å²) in [5.74, 6) is -1.95. The Morgan fingerprint density at radius 3 is 2.59 bits per heavy atom. The van der Waals surface area contributed by atoms with Gasteiger partial charge < -0.3 is 10.4 Å². The number of nitrogens with one attached hydrogen (secondary N) is 1. The van der Waals surface area contributed by atoms with E-state index in [9.17, 15) is 19.5 Å².